The number of alkyl halides is 3. The van der Waals surface area contributed by atoms with Crippen molar-refractivity contribution in [3.8, 4) is 0 Å². The monoisotopic (exact) mass is 155 g/mol. The highest BCUT2D eigenvalue weighted by Crippen LogP contribution is 2.15. The Kier molecular flexibility index (Phi) is 3.71. The minimum absolute atomic E-state index is 0.496. The summed E-state index contributed by atoms with van der Waals surface area (Å²) in [6, 6.07) is 0. The Bertz CT molecular complexity index is 89.5. The number of rotatable bonds is 3. The van der Waals surface area contributed by atoms with Crippen LogP contribution in [-0.4, -0.2) is 18.9 Å². The Balaban J connectivity index is 3.36. The van der Waals surface area contributed by atoms with E-state index in [1.54, 1.807) is 6.92 Å². The molecule has 0 aromatic heterocycles. The van der Waals surface area contributed by atoms with Gasteiger partial charge in [-0.25, -0.2) is 0 Å². The fourth-order valence-electron chi connectivity index (χ4n) is 0.330. The molecule has 1 nitrogen and oxygen atoms in total. The van der Waals surface area contributed by atoms with Gasteiger partial charge in [0.15, 0.2) is 0 Å². The van der Waals surface area contributed by atoms with Gasteiger partial charge in [0.05, 0.1) is 6.10 Å². The smallest absolute Gasteiger partial charge is 0.369 e. The van der Waals surface area contributed by atoms with Crippen molar-refractivity contribution in [1.82, 2.24) is 0 Å². The summed E-state index contributed by atoms with van der Waals surface area (Å²) in [6.07, 6.45) is -4.29. The van der Waals surface area contributed by atoms with Crippen LogP contribution in [0, 0.1) is 6.92 Å². The van der Waals surface area contributed by atoms with Crippen LogP contribution in [0.25, 0.3) is 0 Å². The second kappa shape index (κ2) is 3.81. The Labute approximate surface area is 58.2 Å². The number of hydrogen-bond acceptors (Lipinski definition) is 1. The van der Waals surface area contributed by atoms with Crippen LogP contribution < -0.4 is 0 Å². The molecule has 0 aromatic rings. The van der Waals surface area contributed by atoms with Gasteiger partial charge < -0.3 is 4.74 Å². The zero-order valence-electron chi connectivity index (χ0n) is 5.74. The summed E-state index contributed by atoms with van der Waals surface area (Å²) in [7, 11) is 0. The first-order chi connectivity index (χ1) is 4.45. The predicted octanol–water partition coefficient (Wildman–Crippen LogP) is 2.18. The Morgan fingerprint density at radius 2 is 2.00 bits per heavy atom. The molecule has 4 heteroatoms. The molecule has 0 aliphatic heterocycles. The summed E-state index contributed by atoms with van der Waals surface area (Å²) in [4.78, 5) is 0. The lowest BCUT2D eigenvalue weighted by Crippen LogP contribution is -2.21. The Morgan fingerprint density at radius 1 is 1.50 bits per heavy atom. The van der Waals surface area contributed by atoms with Gasteiger partial charge in [-0.3, -0.25) is 0 Å². The molecule has 10 heavy (non-hydrogen) atoms. The fourth-order valence-corrected chi connectivity index (χ4v) is 0.330. The van der Waals surface area contributed by atoms with Crippen LogP contribution in [0.1, 0.15) is 13.3 Å². The van der Waals surface area contributed by atoms with Gasteiger partial charge in [0.1, 0.15) is 6.61 Å². The molecule has 0 aliphatic carbocycles. The van der Waals surface area contributed by atoms with E-state index in [1.807, 2.05) is 0 Å². The van der Waals surface area contributed by atoms with Gasteiger partial charge >= 0.3 is 6.18 Å². The van der Waals surface area contributed by atoms with Crippen LogP contribution in [0.2, 0.25) is 0 Å². The molecule has 0 aliphatic rings. The average molecular weight is 155 g/mol. The SMILES string of the molecule is [CH2]C(CC)OCC(F)(F)F. The van der Waals surface area contributed by atoms with Gasteiger partial charge in [0, 0.05) is 0 Å². The van der Waals surface area contributed by atoms with Crippen molar-refractivity contribution in [3.05, 3.63) is 6.92 Å². The van der Waals surface area contributed by atoms with Gasteiger partial charge in [0.2, 0.25) is 0 Å². The lowest BCUT2D eigenvalue weighted by Gasteiger charge is -2.11. The summed E-state index contributed by atoms with van der Waals surface area (Å²) >= 11 is 0. The molecule has 0 bridgehead atoms. The fraction of sp³-hybridized carbons (Fsp3) is 0.833. The first-order valence-corrected chi connectivity index (χ1v) is 2.97. The van der Waals surface area contributed by atoms with E-state index in [9.17, 15) is 13.2 Å². The standard InChI is InChI=1S/C6H10F3O/c1-3-5(2)10-4-6(7,8)9/h5H,2-4H2,1H3. The maximum absolute atomic E-state index is 11.4. The lowest BCUT2D eigenvalue weighted by molar-refractivity contribution is -0.181. The highest BCUT2D eigenvalue weighted by molar-refractivity contribution is 4.57. The molecular weight excluding hydrogens is 145 g/mol. The second-order valence-corrected chi connectivity index (χ2v) is 1.96. The minimum atomic E-state index is -4.23. The summed E-state index contributed by atoms with van der Waals surface area (Å²) in [5.41, 5.74) is 0. The van der Waals surface area contributed by atoms with Crippen molar-refractivity contribution in [2.45, 2.75) is 25.6 Å². The van der Waals surface area contributed by atoms with Crippen LogP contribution in [-0.2, 0) is 4.74 Å². The molecule has 0 saturated carbocycles. The van der Waals surface area contributed by atoms with E-state index in [-0.39, 0.29) is 0 Å². The van der Waals surface area contributed by atoms with Crippen LogP contribution in [0.5, 0.6) is 0 Å². The van der Waals surface area contributed by atoms with E-state index >= 15 is 0 Å². The van der Waals surface area contributed by atoms with Crippen molar-refractivity contribution in [2.75, 3.05) is 6.61 Å². The summed E-state index contributed by atoms with van der Waals surface area (Å²) in [6.45, 7) is 3.85. The van der Waals surface area contributed by atoms with Gasteiger partial charge in [0.25, 0.3) is 0 Å². The molecule has 0 spiro atoms. The topological polar surface area (TPSA) is 9.23 Å². The minimum Gasteiger partial charge on any atom is -0.369 e. The average Bonchev–Trinajstić information content (AvgIpc) is 1.81. The highest BCUT2D eigenvalue weighted by Gasteiger charge is 2.28. The molecular formula is C6H10F3O. The molecule has 0 rings (SSSR count). The van der Waals surface area contributed by atoms with Crippen molar-refractivity contribution >= 4 is 0 Å². The maximum Gasteiger partial charge on any atom is 0.411 e. The summed E-state index contributed by atoms with van der Waals surface area (Å²) in [5, 5.41) is 0. The quantitative estimate of drug-likeness (QED) is 0.607. The highest BCUT2D eigenvalue weighted by atomic mass is 19.4. The van der Waals surface area contributed by atoms with Gasteiger partial charge in [-0.1, -0.05) is 6.92 Å². The van der Waals surface area contributed by atoms with Crippen LogP contribution in [0.4, 0.5) is 13.2 Å². The number of hydrogen-bond donors (Lipinski definition) is 0. The number of halogens is 3. The second-order valence-electron chi connectivity index (χ2n) is 1.96. The van der Waals surface area contributed by atoms with E-state index in [0.717, 1.165) is 0 Å². The van der Waals surface area contributed by atoms with Gasteiger partial charge in [-0.05, 0) is 13.3 Å². The molecule has 1 atom stereocenters. The predicted molar refractivity (Wildman–Crippen MR) is 31.4 cm³/mol. The third kappa shape index (κ3) is 5.88. The molecule has 1 unspecified atom stereocenters. The molecule has 0 N–H and O–H groups in total. The first-order valence-electron chi connectivity index (χ1n) is 2.97. The maximum atomic E-state index is 11.4. The van der Waals surface area contributed by atoms with Crippen molar-refractivity contribution in [3.63, 3.8) is 0 Å². The largest absolute Gasteiger partial charge is 0.411 e. The summed E-state index contributed by atoms with van der Waals surface area (Å²) in [5.74, 6) is 0. The normalized spacial score (nSPS) is 15.3. The third-order valence-corrected chi connectivity index (χ3v) is 0.938. The summed E-state index contributed by atoms with van der Waals surface area (Å²) < 4.78 is 38.5. The Morgan fingerprint density at radius 3 is 2.30 bits per heavy atom. The van der Waals surface area contributed by atoms with E-state index in [2.05, 4.69) is 11.7 Å². The zero-order chi connectivity index (χ0) is 8.20. The van der Waals surface area contributed by atoms with Crippen LogP contribution >= 0.6 is 0 Å². The molecule has 0 saturated heterocycles. The lowest BCUT2D eigenvalue weighted by atomic mass is 10.3. The van der Waals surface area contributed by atoms with E-state index in [4.69, 9.17) is 0 Å². The van der Waals surface area contributed by atoms with Crippen molar-refractivity contribution in [2.24, 2.45) is 0 Å². The number of ether oxygens (including phenoxy) is 1. The van der Waals surface area contributed by atoms with Crippen molar-refractivity contribution < 1.29 is 17.9 Å². The molecule has 0 aromatic carbocycles. The van der Waals surface area contributed by atoms with E-state index in [0.29, 0.717) is 6.42 Å². The Hall–Kier alpha value is -0.250. The third-order valence-electron chi connectivity index (χ3n) is 0.938. The van der Waals surface area contributed by atoms with Gasteiger partial charge in [-0.2, -0.15) is 13.2 Å². The molecule has 0 fully saturated rings. The molecule has 1 radical (unpaired) electrons. The van der Waals surface area contributed by atoms with E-state index < -0.39 is 18.9 Å². The molecule has 0 heterocycles. The van der Waals surface area contributed by atoms with Crippen LogP contribution in [0.3, 0.4) is 0 Å². The zero-order valence-corrected chi connectivity index (χ0v) is 5.74. The molecule has 61 valence electrons. The first kappa shape index (κ1) is 9.75. The van der Waals surface area contributed by atoms with Crippen LogP contribution in [0.15, 0.2) is 0 Å². The van der Waals surface area contributed by atoms with Gasteiger partial charge in [-0.15, -0.1) is 0 Å². The van der Waals surface area contributed by atoms with E-state index in [1.165, 1.54) is 0 Å². The molecule has 0 amide bonds. The van der Waals surface area contributed by atoms with Crippen molar-refractivity contribution in [1.29, 1.82) is 0 Å².